The molecule has 1 saturated heterocycles. The molecule has 3 heteroatoms. The second-order valence-electron chi connectivity index (χ2n) is 23.7. The number of ether oxygens (including phenoxy) is 2. The van der Waals surface area contributed by atoms with Crippen molar-refractivity contribution in [2.75, 3.05) is 13.2 Å². The first kappa shape index (κ1) is 44.9. The van der Waals surface area contributed by atoms with E-state index in [-0.39, 0.29) is 5.92 Å². The number of allylic oxidation sites excluding steroid dienone is 1. The average molecular weight is 799 g/mol. The van der Waals surface area contributed by atoms with Crippen LogP contribution in [0.1, 0.15) is 178 Å². The molecule has 1 aromatic rings. The lowest BCUT2D eigenvalue weighted by molar-refractivity contribution is -0.154. The highest BCUT2D eigenvalue weighted by molar-refractivity contribution is 5.51. The van der Waals surface area contributed by atoms with Crippen molar-refractivity contribution in [3.8, 4) is 0 Å². The summed E-state index contributed by atoms with van der Waals surface area (Å²) in [7, 11) is 0. The molecule has 1 heterocycles. The quantitative estimate of drug-likeness (QED) is 0.240. The van der Waals surface area contributed by atoms with Crippen LogP contribution in [-0.2, 0) is 20.9 Å². The van der Waals surface area contributed by atoms with Crippen molar-refractivity contribution in [1.82, 2.24) is 0 Å². The van der Waals surface area contributed by atoms with Crippen molar-refractivity contribution in [3.63, 3.8) is 0 Å². The van der Waals surface area contributed by atoms with Gasteiger partial charge in [-0.25, -0.2) is 0 Å². The lowest BCUT2D eigenvalue weighted by Crippen LogP contribution is -2.51. The Balaban J connectivity index is 1.64. The Morgan fingerprint density at radius 3 is 1.47 bits per heavy atom. The number of hydrogen-bond donors (Lipinski definition) is 1. The number of aliphatic hydroxyl groups is 1. The van der Waals surface area contributed by atoms with E-state index in [1.807, 2.05) is 5.57 Å². The van der Waals surface area contributed by atoms with Crippen LogP contribution in [0.15, 0.2) is 35.4 Å². The van der Waals surface area contributed by atoms with Crippen molar-refractivity contribution in [1.29, 1.82) is 0 Å². The van der Waals surface area contributed by atoms with Gasteiger partial charge in [-0.2, -0.15) is 0 Å². The molecule has 328 valence electrons. The van der Waals surface area contributed by atoms with Gasteiger partial charge in [0.15, 0.2) is 5.79 Å². The summed E-state index contributed by atoms with van der Waals surface area (Å²) in [5.41, 5.74) is 4.50. The molecule has 0 amide bonds. The van der Waals surface area contributed by atoms with Crippen LogP contribution in [0.2, 0.25) is 0 Å². The molecule has 6 aliphatic rings. The lowest BCUT2D eigenvalue weighted by Gasteiger charge is -2.53. The molecule has 0 radical (unpaired) electrons. The van der Waals surface area contributed by atoms with Gasteiger partial charge in [0, 0.05) is 11.5 Å². The fourth-order valence-electron chi connectivity index (χ4n) is 15.7. The van der Waals surface area contributed by atoms with Gasteiger partial charge in [-0.3, -0.25) is 0 Å². The van der Waals surface area contributed by atoms with Crippen molar-refractivity contribution in [3.05, 3.63) is 46.5 Å². The van der Waals surface area contributed by atoms with E-state index in [4.69, 9.17) is 9.47 Å². The van der Waals surface area contributed by atoms with Crippen LogP contribution in [-0.4, -0.2) is 18.3 Å². The maximum absolute atomic E-state index is 15.5. The Kier molecular flexibility index (Phi) is 13.9. The highest BCUT2D eigenvalue weighted by Gasteiger charge is 2.65. The largest absolute Gasteiger partial charge is 0.380 e. The van der Waals surface area contributed by atoms with Crippen LogP contribution in [0.25, 0.3) is 0 Å². The zero-order valence-corrected chi connectivity index (χ0v) is 39.9. The molecule has 7 rings (SSSR count). The summed E-state index contributed by atoms with van der Waals surface area (Å²) < 4.78 is 13.3. The van der Waals surface area contributed by atoms with E-state index in [1.54, 1.807) is 5.57 Å². The minimum Gasteiger partial charge on any atom is -0.380 e. The number of rotatable bonds is 10. The summed E-state index contributed by atoms with van der Waals surface area (Å²) in [5.74, 6) is 9.32. The first-order chi connectivity index (χ1) is 27.5. The molecule has 58 heavy (non-hydrogen) atoms. The molecule has 15 atom stereocenters. The Labute approximate surface area is 358 Å². The highest BCUT2D eigenvalue weighted by Crippen LogP contribution is 2.69. The summed E-state index contributed by atoms with van der Waals surface area (Å²) in [4.78, 5) is 0. The molecule has 1 aromatic carbocycles. The fourth-order valence-corrected chi connectivity index (χ4v) is 15.7. The van der Waals surface area contributed by atoms with Gasteiger partial charge >= 0.3 is 0 Å². The fraction of sp³-hybridized carbons (Fsp3) is 0.855. The standard InChI is InChI=1S/C55H90O3/c1-32(2)40-22-18-36(9)28-44(40)50-51(45-29-37(10)19-23-41(45)33(3)4)53(47-31-39(12)21-25-43(47)35(7)8)55(56,52(50)46-30-38(11)20-24-42(46)34(5)6)49-17-15-14-16-48(49)54(13)57-26-27-58-54/h14-17,32-47,50,52,56H,18-31H2,1-13H3. The SMILES string of the molecule is CC1CCC(C(C)C)C(C2=C(C3CC(C)CCC3C(C)C)C(O)(c3ccccc3C3(C)OCCO3)C(C3CC(C)CCC3C(C)C)C2C2CC(C)CCC2C(C)C)C1. The summed E-state index contributed by atoms with van der Waals surface area (Å²) in [6.07, 6.45) is 15.6. The van der Waals surface area contributed by atoms with Crippen LogP contribution in [0.5, 0.6) is 0 Å². The predicted molar refractivity (Wildman–Crippen MR) is 243 cm³/mol. The molecule has 0 aromatic heterocycles. The van der Waals surface area contributed by atoms with Gasteiger partial charge in [-0.1, -0.05) is 139 Å². The van der Waals surface area contributed by atoms with E-state index in [2.05, 4.69) is 114 Å². The normalized spacial score (nSPS) is 42.7. The number of benzene rings is 1. The summed E-state index contributed by atoms with van der Waals surface area (Å²) in [6.45, 7) is 33.8. The Morgan fingerprint density at radius 2 is 0.948 bits per heavy atom. The average Bonchev–Trinajstić information content (AvgIpc) is 3.73. The number of hydrogen-bond acceptors (Lipinski definition) is 3. The third-order valence-corrected chi connectivity index (χ3v) is 18.5. The zero-order valence-electron chi connectivity index (χ0n) is 39.9. The molecule has 5 aliphatic carbocycles. The van der Waals surface area contributed by atoms with Crippen LogP contribution in [0, 0.1) is 107 Å². The minimum atomic E-state index is -1.09. The van der Waals surface area contributed by atoms with Crippen LogP contribution < -0.4 is 0 Å². The molecule has 5 fully saturated rings. The van der Waals surface area contributed by atoms with Gasteiger partial charge in [0.1, 0.15) is 5.60 Å². The molecular weight excluding hydrogens is 709 g/mol. The zero-order chi connectivity index (χ0) is 41.8. The van der Waals surface area contributed by atoms with E-state index >= 15 is 5.11 Å². The predicted octanol–water partition coefficient (Wildman–Crippen LogP) is 14.5. The molecule has 3 nitrogen and oxygen atoms in total. The Hall–Kier alpha value is -1.16. The van der Waals surface area contributed by atoms with E-state index < -0.39 is 11.4 Å². The van der Waals surface area contributed by atoms with E-state index in [9.17, 15) is 0 Å². The molecule has 0 bridgehead atoms. The van der Waals surface area contributed by atoms with Gasteiger partial charge in [-0.15, -0.1) is 0 Å². The molecule has 1 aliphatic heterocycles. The molecule has 1 N–H and O–H groups in total. The monoisotopic (exact) mass is 799 g/mol. The van der Waals surface area contributed by atoms with Gasteiger partial charge in [-0.05, 0) is 170 Å². The van der Waals surface area contributed by atoms with Gasteiger partial charge in [0.2, 0.25) is 0 Å². The first-order valence-electron chi connectivity index (χ1n) is 25.3. The molecule has 0 spiro atoms. The second-order valence-corrected chi connectivity index (χ2v) is 23.7. The van der Waals surface area contributed by atoms with Crippen molar-refractivity contribution >= 4 is 0 Å². The Morgan fingerprint density at radius 1 is 0.534 bits per heavy atom. The van der Waals surface area contributed by atoms with Gasteiger partial charge in [0.25, 0.3) is 0 Å². The van der Waals surface area contributed by atoms with Crippen LogP contribution in [0.3, 0.4) is 0 Å². The Bertz CT molecular complexity index is 1550. The summed E-state index contributed by atoms with van der Waals surface area (Å²) in [5, 5.41) is 15.5. The molecule has 15 unspecified atom stereocenters. The maximum Gasteiger partial charge on any atom is 0.192 e. The van der Waals surface area contributed by atoms with Crippen LogP contribution in [0.4, 0.5) is 0 Å². The molecular formula is C55H90O3. The van der Waals surface area contributed by atoms with Crippen LogP contribution >= 0.6 is 0 Å². The third-order valence-electron chi connectivity index (χ3n) is 18.5. The van der Waals surface area contributed by atoms with Crippen molar-refractivity contribution in [2.45, 2.75) is 178 Å². The summed E-state index contributed by atoms with van der Waals surface area (Å²) >= 11 is 0. The van der Waals surface area contributed by atoms with Gasteiger partial charge in [0.05, 0.1) is 13.2 Å². The minimum absolute atomic E-state index is 0.144. The third kappa shape index (κ3) is 8.25. The van der Waals surface area contributed by atoms with E-state index in [0.29, 0.717) is 108 Å². The highest BCUT2D eigenvalue weighted by atomic mass is 16.7. The summed E-state index contributed by atoms with van der Waals surface area (Å²) in [6, 6.07) is 9.10. The topological polar surface area (TPSA) is 38.7 Å². The first-order valence-corrected chi connectivity index (χ1v) is 25.3. The smallest absolute Gasteiger partial charge is 0.192 e. The second kappa shape index (κ2) is 17.9. The maximum atomic E-state index is 15.5. The molecule has 4 saturated carbocycles. The van der Waals surface area contributed by atoms with E-state index in [0.717, 1.165) is 17.0 Å². The van der Waals surface area contributed by atoms with E-state index in [1.165, 1.54) is 77.0 Å². The van der Waals surface area contributed by atoms with Gasteiger partial charge < -0.3 is 14.6 Å². The van der Waals surface area contributed by atoms with Crippen molar-refractivity contribution in [2.24, 2.45) is 107 Å². The van der Waals surface area contributed by atoms with Crippen molar-refractivity contribution < 1.29 is 14.6 Å². The lowest BCUT2D eigenvalue weighted by atomic mass is 9.52.